The number of carbonyl (C=O) groups is 1. The molecule has 0 aliphatic rings. The summed E-state index contributed by atoms with van der Waals surface area (Å²) in [7, 11) is 0. The van der Waals surface area contributed by atoms with Crippen molar-refractivity contribution in [2.24, 2.45) is 0 Å². The van der Waals surface area contributed by atoms with Crippen molar-refractivity contribution in [1.29, 1.82) is 0 Å². The number of esters is 1. The molecule has 6 nitrogen and oxygen atoms in total. The Morgan fingerprint density at radius 2 is 1.36 bits per heavy atom. The highest BCUT2D eigenvalue weighted by Gasteiger charge is 2.32. The Balaban J connectivity index is 2.71. The van der Waals surface area contributed by atoms with Crippen molar-refractivity contribution >= 4 is 5.97 Å². The molecule has 0 aliphatic heterocycles. The van der Waals surface area contributed by atoms with E-state index in [1.54, 1.807) is 12.1 Å². The third kappa shape index (κ3) is 11.2. The maximum absolute atomic E-state index is 12.4. The van der Waals surface area contributed by atoms with Crippen LogP contribution in [0, 0.1) is 0 Å². The van der Waals surface area contributed by atoms with Gasteiger partial charge in [-0.1, -0.05) is 86.6 Å². The fourth-order valence-corrected chi connectivity index (χ4v) is 4.22. The summed E-state index contributed by atoms with van der Waals surface area (Å²) in [5.41, 5.74) is 0.00851. The topological polar surface area (TPSA) is 85.2 Å². The Bertz CT molecular complexity index is 812. The molecular weight excluding hydrogens is 456 g/mol. The van der Waals surface area contributed by atoms with Crippen molar-refractivity contribution in [3.05, 3.63) is 35.6 Å². The number of unbranched alkanes of at least 4 members (excludes halogenated alkanes) is 6. The van der Waals surface area contributed by atoms with E-state index >= 15 is 0 Å². The first-order chi connectivity index (χ1) is 16.9. The summed E-state index contributed by atoms with van der Waals surface area (Å²) in [6.07, 6.45) is 9.93. The van der Waals surface area contributed by atoms with Crippen molar-refractivity contribution in [2.45, 2.75) is 123 Å². The number of hydrogen-bond acceptors (Lipinski definition) is 6. The molecule has 0 saturated carbocycles. The molecule has 2 N–H and O–H groups in total. The Kier molecular flexibility index (Phi) is 14.0. The molecule has 0 saturated heterocycles. The summed E-state index contributed by atoms with van der Waals surface area (Å²) < 4.78 is 5.39. The Morgan fingerprint density at radius 3 is 1.92 bits per heavy atom. The Labute approximate surface area is 219 Å². The molecule has 1 aromatic carbocycles. The highest BCUT2D eigenvalue weighted by atomic mass is 17.2. The summed E-state index contributed by atoms with van der Waals surface area (Å²) >= 11 is 0. The molecule has 0 unspecified atom stereocenters. The predicted octanol–water partition coefficient (Wildman–Crippen LogP) is 7.99. The van der Waals surface area contributed by atoms with Crippen LogP contribution in [0.4, 0.5) is 0 Å². The van der Waals surface area contributed by atoms with Gasteiger partial charge in [-0.25, -0.2) is 0 Å². The number of benzene rings is 1. The summed E-state index contributed by atoms with van der Waals surface area (Å²) in [6, 6.07) is 3.18. The van der Waals surface area contributed by atoms with Crippen LogP contribution in [0.15, 0.2) is 24.5 Å². The van der Waals surface area contributed by atoms with Crippen LogP contribution in [0.1, 0.15) is 123 Å². The molecule has 0 bridgehead atoms. The van der Waals surface area contributed by atoms with Crippen molar-refractivity contribution in [1.82, 2.24) is 0 Å². The lowest BCUT2D eigenvalue weighted by Crippen LogP contribution is -2.24. The summed E-state index contributed by atoms with van der Waals surface area (Å²) in [4.78, 5) is 22.9. The fourth-order valence-electron chi connectivity index (χ4n) is 4.22. The average molecular weight is 507 g/mol. The number of aromatic hydroxyl groups is 2. The third-order valence-corrected chi connectivity index (χ3v) is 6.71. The molecule has 0 aliphatic carbocycles. The minimum Gasteiger partial charge on any atom is -0.508 e. The van der Waals surface area contributed by atoms with Gasteiger partial charge >= 0.3 is 5.97 Å². The second kappa shape index (κ2) is 15.8. The van der Waals surface area contributed by atoms with Crippen LogP contribution in [0.25, 0.3) is 0 Å². The minimum absolute atomic E-state index is 0.0575. The molecule has 0 amide bonds. The van der Waals surface area contributed by atoms with Gasteiger partial charge in [0.15, 0.2) is 0 Å². The number of rotatable bonds is 19. The Morgan fingerprint density at radius 1 is 0.833 bits per heavy atom. The van der Waals surface area contributed by atoms with E-state index in [9.17, 15) is 15.0 Å². The SMILES string of the molecule is C=C(CCC(C)(C)c1cc(O)c(C(C)(C)CC(=O)OCCCCCC)cc1O)OOCCCCCC. The molecule has 1 aromatic rings. The van der Waals surface area contributed by atoms with Crippen LogP contribution in [0.3, 0.4) is 0 Å². The lowest BCUT2D eigenvalue weighted by atomic mass is 9.76. The van der Waals surface area contributed by atoms with Crippen LogP contribution < -0.4 is 0 Å². The molecule has 1 rings (SSSR count). The number of phenolic OH excluding ortho intramolecular Hbond substituents is 2. The molecule has 0 radical (unpaired) electrons. The third-order valence-electron chi connectivity index (χ3n) is 6.71. The van der Waals surface area contributed by atoms with Gasteiger partial charge in [0.2, 0.25) is 0 Å². The second-order valence-electron chi connectivity index (χ2n) is 11.1. The summed E-state index contributed by atoms with van der Waals surface area (Å²) in [5.74, 6) is 0.383. The second-order valence-corrected chi connectivity index (χ2v) is 11.1. The highest BCUT2D eigenvalue weighted by Crippen LogP contribution is 2.43. The maximum Gasteiger partial charge on any atom is 0.306 e. The van der Waals surface area contributed by atoms with E-state index < -0.39 is 10.8 Å². The van der Waals surface area contributed by atoms with Crippen molar-refractivity contribution < 1.29 is 29.5 Å². The van der Waals surface area contributed by atoms with Crippen LogP contribution in [0.5, 0.6) is 11.5 Å². The predicted molar refractivity (Wildman–Crippen MR) is 145 cm³/mol. The maximum atomic E-state index is 12.4. The van der Waals surface area contributed by atoms with Gasteiger partial charge in [0.25, 0.3) is 0 Å². The lowest BCUT2D eigenvalue weighted by Gasteiger charge is -2.30. The first kappa shape index (κ1) is 31.8. The van der Waals surface area contributed by atoms with Gasteiger partial charge in [0.1, 0.15) is 17.3 Å². The first-order valence-corrected chi connectivity index (χ1v) is 13.6. The van der Waals surface area contributed by atoms with Gasteiger partial charge < -0.3 is 19.8 Å². The van der Waals surface area contributed by atoms with E-state index in [-0.39, 0.29) is 23.9 Å². The molecular formula is C30H50O6. The van der Waals surface area contributed by atoms with E-state index in [4.69, 9.17) is 14.5 Å². The Hall–Kier alpha value is -2.21. The van der Waals surface area contributed by atoms with Gasteiger partial charge in [-0.15, -0.1) is 0 Å². The van der Waals surface area contributed by atoms with Crippen LogP contribution in [-0.2, 0) is 30.1 Å². The molecule has 0 fully saturated rings. The fraction of sp³-hybridized carbons (Fsp3) is 0.700. The smallest absolute Gasteiger partial charge is 0.306 e. The van der Waals surface area contributed by atoms with Crippen LogP contribution in [-0.4, -0.2) is 29.4 Å². The number of carbonyl (C=O) groups excluding carboxylic acids is 1. The molecule has 0 heterocycles. The van der Waals surface area contributed by atoms with E-state index in [0.29, 0.717) is 42.9 Å². The number of hydrogen-bond donors (Lipinski definition) is 2. The molecule has 0 spiro atoms. The van der Waals surface area contributed by atoms with Gasteiger partial charge in [0.05, 0.1) is 19.6 Å². The zero-order valence-corrected chi connectivity index (χ0v) is 23.6. The van der Waals surface area contributed by atoms with E-state index in [0.717, 1.165) is 38.5 Å². The van der Waals surface area contributed by atoms with Crippen molar-refractivity contribution in [3.63, 3.8) is 0 Å². The summed E-state index contributed by atoms with van der Waals surface area (Å²) in [5, 5.41) is 21.7. The highest BCUT2D eigenvalue weighted by molar-refractivity contribution is 5.72. The van der Waals surface area contributed by atoms with Gasteiger partial charge in [0, 0.05) is 23.0 Å². The molecule has 0 aromatic heterocycles. The number of ether oxygens (including phenoxy) is 1. The number of allylic oxidation sites excluding steroid dienone is 1. The van der Waals surface area contributed by atoms with Gasteiger partial charge in [-0.05, 0) is 36.8 Å². The van der Waals surface area contributed by atoms with E-state index in [2.05, 4.69) is 20.4 Å². The standard InChI is InChI=1S/C30H50O6/c1-8-10-12-14-18-34-28(33)22-30(6,7)25-21-26(31)24(20-27(25)32)29(4,5)17-16-23(3)36-35-19-15-13-11-9-2/h20-21,31-32H,3,8-19,22H2,1-2,4-7H3. The quantitative estimate of drug-likeness (QED) is 0.0494. The molecule has 6 heteroatoms. The van der Waals surface area contributed by atoms with Gasteiger partial charge in [-0.2, -0.15) is 4.89 Å². The number of phenols is 2. The lowest BCUT2D eigenvalue weighted by molar-refractivity contribution is -0.264. The van der Waals surface area contributed by atoms with Crippen molar-refractivity contribution in [3.8, 4) is 11.5 Å². The van der Waals surface area contributed by atoms with Gasteiger partial charge in [-0.3, -0.25) is 4.79 Å². The van der Waals surface area contributed by atoms with Crippen LogP contribution >= 0.6 is 0 Å². The van der Waals surface area contributed by atoms with E-state index in [1.807, 2.05) is 27.7 Å². The molecule has 0 atom stereocenters. The molecule has 36 heavy (non-hydrogen) atoms. The monoisotopic (exact) mass is 506 g/mol. The largest absolute Gasteiger partial charge is 0.508 e. The normalized spacial score (nSPS) is 11.9. The zero-order valence-electron chi connectivity index (χ0n) is 23.6. The first-order valence-electron chi connectivity index (χ1n) is 13.6. The minimum atomic E-state index is -0.693. The van der Waals surface area contributed by atoms with Crippen LogP contribution in [0.2, 0.25) is 0 Å². The van der Waals surface area contributed by atoms with Crippen molar-refractivity contribution in [2.75, 3.05) is 13.2 Å². The summed E-state index contributed by atoms with van der Waals surface area (Å²) in [6.45, 7) is 16.9. The molecule has 206 valence electrons. The zero-order chi connectivity index (χ0) is 27.2. The average Bonchev–Trinajstić information content (AvgIpc) is 2.80. The van der Waals surface area contributed by atoms with E-state index in [1.165, 1.54) is 12.8 Å².